The second-order valence-electron chi connectivity index (χ2n) is 4.47. The van der Waals surface area contributed by atoms with Crippen LogP contribution in [-0.4, -0.2) is 45.8 Å². The highest BCUT2D eigenvalue weighted by Crippen LogP contribution is 2.19. The molecule has 1 aliphatic heterocycles. The molecule has 0 bridgehead atoms. The van der Waals surface area contributed by atoms with Gasteiger partial charge in [0.05, 0.1) is 18.5 Å². The first-order chi connectivity index (χ1) is 9.11. The molecule has 0 radical (unpaired) electrons. The number of anilines is 1. The Balaban J connectivity index is 1.99. The Hall–Kier alpha value is -2.05. The first-order valence-electron chi connectivity index (χ1n) is 6.36. The van der Waals surface area contributed by atoms with Crippen molar-refractivity contribution >= 4 is 17.6 Å². The fourth-order valence-electron chi connectivity index (χ4n) is 2.24. The highest BCUT2D eigenvalue weighted by Gasteiger charge is 2.34. The number of carbonyl (C=O) groups is 2. The second-order valence-corrected chi connectivity index (χ2v) is 4.47. The largest absolute Gasteiger partial charge is 0.464 e. The molecule has 0 spiro atoms. The summed E-state index contributed by atoms with van der Waals surface area (Å²) in [7, 11) is 0. The van der Waals surface area contributed by atoms with Crippen molar-refractivity contribution in [2.45, 2.75) is 32.4 Å². The predicted octanol–water partition coefficient (Wildman–Crippen LogP) is 0.0194. The number of nitrogen functional groups attached to an aromatic ring is 1. The van der Waals surface area contributed by atoms with E-state index in [9.17, 15) is 9.59 Å². The average molecular weight is 266 g/mol. The summed E-state index contributed by atoms with van der Waals surface area (Å²) < 4.78 is 6.46. The van der Waals surface area contributed by atoms with E-state index in [0.717, 1.165) is 6.42 Å². The molecule has 1 amide bonds. The minimum absolute atomic E-state index is 0.0904. The van der Waals surface area contributed by atoms with Crippen LogP contribution in [0.25, 0.3) is 0 Å². The van der Waals surface area contributed by atoms with E-state index >= 15 is 0 Å². The Morgan fingerprint density at radius 2 is 2.37 bits per heavy atom. The lowest BCUT2D eigenvalue weighted by molar-refractivity contribution is -0.153. The van der Waals surface area contributed by atoms with Gasteiger partial charge in [-0.2, -0.15) is 5.10 Å². The minimum atomic E-state index is -0.458. The maximum absolute atomic E-state index is 12.2. The van der Waals surface area contributed by atoms with Gasteiger partial charge in [0.25, 0.3) is 0 Å². The number of hydrogen-bond acceptors (Lipinski definition) is 5. The van der Waals surface area contributed by atoms with E-state index in [-0.39, 0.29) is 18.4 Å². The molecule has 2 N–H and O–H groups in total. The van der Waals surface area contributed by atoms with E-state index < -0.39 is 6.04 Å². The molecule has 1 saturated heterocycles. The number of rotatable bonds is 4. The maximum atomic E-state index is 12.2. The number of nitrogens with zero attached hydrogens (tertiary/aromatic N) is 3. The molecule has 0 aromatic carbocycles. The van der Waals surface area contributed by atoms with Gasteiger partial charge in [-0.05, 0) is 19.8 Å². The Morgan fingerprint density at radius 1 is 1.58 bits per heavy atom. The van der Waals surface area contributed by atoms with Crippen LogP contribution in [0.5, 0.6) is 0 Å². The second kappa shape index (κ2) is 5.73. The molecule has 1 aromatic heterocycles. The summed E-state index contributed by atoms with van der Waals surface area (Å²) in [6.45, 7) is 2.75. The fraction of sp³-hybridized carbons (Fsp3) is 0.583. The lowest BCUT2D eigenvalue weighted by Gasteiger charge is -2.23. The molecule has 2 heterocycles. The standard InChI is InChI=1S/C12H18N4O3/c1-2-19-12(18)10-4-3-5-16(10)11(17)8-15-7-9(13)6-14-15/h6-7,10H,2-5,8,13H2,1H3. The van der Waals surface area contributed by atoms with E-state index in [1.807, 2.05) is 0 Å². The van der Waals surface area contributed by atoms with Crippen molar-refractivity contribution in [3.05, 3.63) is 12.4 Å². The molecular formula is C12H18N4O3. The quantitative estimate of drug-likeness (QED) is 0.776. The Morgan fingerprint density at radius 3 is 3.00 bits per heavy atom. The van der Waals surface area contributed by atoms with E-state index in [2.05, 4.69) is 5.10 Å². The molecule has 1 aliphatic rings. The molecule has 104 valence electrons. The molecule has 7 heteroatoms. The number of ether oxygens (including phenoxy) is 1. The molecular weight excluding hydrogens is 248 g/mol. The van der Waals surface area contributed by atoms with Crippen molar-refractivity contribution in [2.24, 2.45) is 0 Å². The summed E-state index contributed by atoms with van der Waals surface area (Å²) >= 11 is 0. The zero-order valence-corrected chi connectivity index (χ0v) is 10.9. The molecule has 1 aromatic rings. The smallest absolute Gasteiger partial charge is 0.328 e. The minimum Gasteiger partial charge on any atom is -0.464 e. The lowest BCUT2D eigenvalue weighted by Crippen LogP contribution is -2.43. The highest BCUT2D eigenvalue weighted by molar-refractivity contribution is 5.85. The molecule has 0 aliphatic carbocycles. The molecule has 1 atom stereocenters. The van der Waals surface area contributed by atoms with Crippen molar-refractivity contribution in [1.29, 1.82) is 0 Å². The van der Waals surface area contributed by atoms with Gasteiger partial charge in [0.1, 0.15) is 12.6 Å². The van der Waals surface area contributed by atoms with Gasteiger partial charge in [0, 0.05) is 12.7 Å². The van der Waals surface area contributed by atoms with Crippen molar-refractivity contribution in [3.63, 3.8) is 0 Å². The van der Waals surface area contributed by atoms with Gasteiger partial charge in [-0.15, -0.1) is 0 Å². The number of aromatic nitrogens is 2. The fourth-order valence-corrected chi connectivity index (χ4v) is 2.24. The zero-order valence-electron chi connectivity index (χ0n) is 10.9. The van der Waals surface area contributed by atoms with Crippen molar-refractivity contribution < 1.29 is 14.3 Å². The van der Waals surface area contributed by atoms with Crippen LogP contribution >= 0.6 is 0 Å². The van der Waals surface area contributed by atoms with Gasteiger partial charge < -0.3 is 15.4 Å². The van der Waals surface area contributed by atoms with Gasteiger partial charge in [0.15, 0.2) is 0 Å². The van der Waals surface area contributed by atoms with Crippen molar-refractivity contribution in [2.75, 3.05) is 18.9 Å². The number of hydrogen-bond donors (Lipinski definition) is 1. The van der Waals surface area contributed by atoms with Crippen molar-refractivity contribution in [1.82, 2.24) is 14.7 Å². The Bertz CT molecular complexity index is 471. The highest BCUT2D eigenvalue weighted by atomic mass is 16.5. The molecule has 7 nitrogen and oxygen atoms in total. The summed E-state index contributed by atoms with van der Waals surface area (Å²) in [6.07, 6.45) is 4.55. The van der Waals surface area contributed by atoms with Crippen LogP contribution in [0, 0.1) is 0 Å². The van der Waals surface area contributed by atoms with Gasteiger partial charge in [-0.25, -0.2) is 4.79 Å². The van der Waals surface area contributed by atoms with Gasteiger partial charge in [-0.1, -0.05) is 0 Å². The number of likely N-dealkylation sites (tertiary alicyclic amines) is 1. The van der Waals surface area contributed by atoms with Crippen LogP contribution in [0.1, 0.15) is 19.8 Å². The van der Waals surface area contributed by atoms with E-state index in [0.29, 0.717) is 25.3 Å². The third kappa shape index (κ3) is 3.04. The van der Waals surface area contributed by atoms with Gasteiger partial charge in [0.2, 0.25) is 5.91 Å². The average Bonchev–Trinajstić information content (AvgIpc) is 2.98. The third-order valence-electron chi connectivity index (χ3n) is 3.08. The molecule has 0 saturated carbocycles. The molecule has 1 fully saturated rings. The Kier molecular flexibility index (Phi) is 4.03. The topological polar surface area (TPSA) is 90.5 Å². The predicted molar refractivity (Wildman–Crippen MR) is 68.0 cm³/mol. The first kappa shape index (κ1) is 13.4. The maximum Gasteiger partial charge on any atom is 0.328 e. The van der Waals surface area contributed by atoms with Crippen LogP contribution in [0.2, 0.25) is 0 Å². The zero-order chi connectivity index (χ0) is 13.8. The first-order valence-corrected chi connectivity index (χ1v) is 6.36. The van der Waals surface area contributed by atoms with Crippen LogP contribution in [-0.2, 0) is 20.9 Å². The summed E-state index contributed by atoms with van der Waals surface area (Å²) in [5.41, 5.74) is 6.05. The molecule has 2 rings (SSSR count). The summed E-state index contributed by atoms with van der Waals surface area (Å²) in [4.78, 5) is 25.5. The van der Waals surface area contributed by atoms with Crippen LogP contribution in [0.15, 0.2) is 12.4 Å². The summed E-state index contributed by atoms with van der Waals surface area (Å²) in [5.74, 6) is -0.466. The monoisotopic (exact) mass is 266 g/mol. The van der Waals surface area contributed by atoms with Crippen molar-refractivity contribution in [3.8, 4) is 0 Å². The third-order valence-corrected chi connectivity index (χ3v) is 3.08. The van der Waals surface area contributed by atoms with Crippen LogP contribution in [0.3, 0.4) is 0 Å². The van der Waals surface area contributed by atoms with Crippen LogP contribution < -0.4 is 5.73 Å². The number of amides is 1. The lowest BCUT2D eigenvalue weighted by atomic mass is 10.2. The van der Waals surface area contributed by atoms with E-state index in [4.69, 9.17) is 10.5 Å². The number of carbonyl (C=O) groups excluding carboxylic acids is 2. The summed E-state index contributed by atoms with van der Waals surface area (Å²) in [5, 5.41) is 3.96. The molecule has 19 heavy (non-hydrogen) atoms. The SMILES string of the molecule is CCOC(=O)C1CCCN1C(=O)Cn1cc(N)cn1. The van der Waals surface area contributed by atoms with E-state index in [1.54, 1.807) is 18.0 Å². The number of esters is 1. The van der Waals surface area contributed by atoms with Gasteiger partial charge in [-0.3, -0.25) is 9.48 Å². The van der Waals surface area contributed by atoms with Crippen LogP contribution in [0.4, 0.5) is 5.69 Å². The van der Waals surface area contributed by atoms with E-state index in [1.165, 1.54) is 10.9 Å². The molecule has 1 unspecified atom stereocenters. The summed E-state index contributed by atoms with van der Waals surface area (Å²) in [6, 6.07) is -0.458. The Labute approximate surface area is 111 Å². The number of nitrogens with two attached hydrogens (primary N) is 1. The normalized spacial score (nSPS) is 18.6. The van der Waals surface area contributed by atoms with Gasteiger partial charge >= 0.3 is 5.97 Å².